The van der Waals surface area contributed by atoms with Gasteiger partial charge in [0, 0.05) is 42.7 Å². The maximum Gasteiger partial charge on any atom is 0.342 e. The summed E-state index contributed by atoms with van der Waals surface area (Å²) in [6.45, 7) is 2.97. The number of hydrogen-bond donors (Lipinski definition) is 1. The fraction of sp³-hybridized carbons (Fsp3) is 0.286. The molecule has 26 heavy (non-hydrogen) atoms. The average Bonchev–Trinajstić information content (AvgIpc) is 2.86. The van der Waals surface area contributed by atoms with Gasteiger partial charge in [-0.25, -0.2) is 4.79 Å². The number of carbonyl (C=O) groups excluding carboxylic acids is 1. The van der Waals surface area contributed by atoms with E-state index in [-0.39, 0.29) is 0 Å². The first-order valence-corrected chi connectivity index (χ1v) is 8.81. The molecule has 0 atom stereocenters. The molecule has 1 aliphatic heterocycles. The quantitative estimate of drug-likeness (QED) is 0.737. The lowest BCUT2D eigenvalue weighted by Crippen LogP contribution is -2.17. The Hall–Kier alpha value is -2.79. The second-order valence-corrected chi connectivity index (χ2v) is 6.44. The van der Waals surface area contributed by atoms with E-state index in [0.717, 1.165) is 37.2 Å². The molecule has 0 amide bonds. The Morgan fingerprint density at radius 2 is 2.00 bits per heavy atom. The number of ether oxygens (including phenoxy) is 2. The molecule has 1 aromatic heterocycles. The molecule has 5 nitrogen and oxygen atoms in total. The number of benzene rings is 2. The number of esters is 1. The van der Waals surface area contributed by atoms with Gasteiger partial charge in [-0.3, -0.25) is 0 Å². The maximum absolute atomic E-state index is 12.3. The van der Waals surface area contributed by atoms with Crippen molar-refractivity contribution in [1.29, 1.82) is 0 Å². The highest BCUT2D eigenvalue weighted by Gasteiger charge is 2.20. The van der Waals surface area contributed by atoms with Gasteiger partial charge in [0.25, 0.3) is 0 Å². The summed E-state index contributed by atoms with van der Waals surface area (Å²) in [5, 5.41) is 4.63. The number of aromatic nitrogens is 1. The van der Waals surface area contributed by atoms with Crippen LogP contribution in [0, 0.1) is 0 Å². The molecule has 0 bridgehead atoms. The second kappa shape index (κ2) is 6.84. The second-order valence-electron chi connectivity index (χ2n) is 6.44. The molecule has 0 spiro atoms. The summed E-state index contributed by atoms with van der Waals surface area (Å²) in [4.78, 5) is 12.3. The van der Waals surface area contributed by atoms with E-state index in [4.69, 9.17) is 9.47 Å². The van der Waals surface area contributed by atoms with E-state index in [1.165, 1.54) is 23.7 Å². The van der Waals surface area contributed by atoms with Crippen LogP contribution in [0.2, 0.25) is 0 Å². The van der Waals surface area contributed by atoms with Crippen molar-refractivity contribution in [2.75, 3.05) is 27.3 Å². The molecule has 2 aromatic carbocycles. The van der Waals surface area contributed by atoms with Crippen LogP contribution in [0.3, 0.4) is 0 Å². The van der Waals surface area contributed by atoms with Gasteiger partial charge in [-0.2, -0.15) is 0 Å². The Bertz CT molecular complexity index is 975. The van der Waals surface area contributed by atoms with Gasteiger partial charge < -0.3 is 19.4 Å². The van der Waals surface area contributed by atoms with Crippen LogP contribution in [0.4, 0.5) is 0 Å². The highest BCUT2D eigenvalue weighted by Crippen LogP contribution is 2.34. The Labute approximate surface area is 152 Å². The Kier molecular flexibility index (Phi) is 4.39. The Morgan fingerprint density at radius 1 is 1.12 bits per heavy atom. The Balaban J connectivity index is 1.86. The summed E-state index contributed by atoms with van der Waals surface area (Å²) in [6, 6.07) is 14.2. The average molecular weight is 350 g/mol. The van der Waals surface area contributed by atoms with E-state index in [2.05, 4.69) is 34.1 Å². The number of methoxy groups -OCH3 is 2. The molecule has 2 heterocycles. The van der Waals surface area contributed by atoms with E-state index in [9.17, 15) is 4.79 Å². The van der Waals surface area contributed by atoms with Gasteiger partial charge in [-0.05, 0) is 35.4 Å². The minimum atomic E-state index is -0.392. The van der Waals surface area contributed by atoms with Crippen molar-refractivity contribution in [1.82, 2.24) is 9.88 Å². The van der Waals surface area contributed by atoms with Crippen molar-refractivity contribution in [3.8, 4) is 16.9 Å². The summed E-state index contributed by atoms with van der Waals surface area (Å²) >= 11 is 0. The summed E-state index contributed by atoms with van der Waals surface area (Å²) in [7, 11) is 2.95. The van der Waals surface area contributed by atoms with Gasteiger partial charge in [-0.15, -0.1) is 0 Å². The van der Waals surface area contributed by atoms with Crippen molar-refractivity contribution in [3.63, 3.8) is 0 Å². The molecule has 0 saturated carbocycles. The highest BCUT2D eigenvalue weighted by atomic mass is 16.5. The monoisotopic (exact) mass is 350 g/mol. The van der Waals surface area contributed by atoms with Crippen LogP contribution in [0.5, 0.6) is 5.75 Å². The third-order valence-electron chi connectivity index (χ3n) is 5.00. The SMILES string of the molecule is COC(=O)c1c(OC)cccc1-c1ccc2c(c1)cc1n2CCNCC1. The lowest BCUT2D eigenvalue weighted by atomic mass is 9.97. The minimum Gasteiger partial charge on any atom is -0.496 e. The first kappa shape index (κ1) is 16.7. The predicted molar refractivity (Wildman–Crippen MR) is 102 cm³/mol. The van der Waals surface area contributed by atoms with Crippen molar-refractivity contribution < 1.29 is 14.3 Å². The fourth-order valence-corrected chi connectivity index (χ4v) is 3.75. The van der Waals surface area contributed by atoms with Crippen LogP contribution in [0.1, 0.15) is 16.1 Å². The molecular formula is C21H22N2O3. The van der Waals surface area contributed by atoms with Crippen LogP contribution >= 0.6 is 0 Å². The number of nitrogens with one attached hydrogen (secondary N) is 1. The van der Waals surface area contributed by atoms with E-state index >= 15 is 0 Å². The number of fused-ring (bicyclic) bond motifs is 3. The highest BCUT2D eigenvalue weighted by molar-refractivity contribution is 6.01. The smallest absolute Gasteiger partial charge is 0.342 e. The zero-order chi connectivity index (χ0) is 18.1. The lowest BCUT2D eigenvalue weighted by Gasteiger charge is -2.13. The molecule has 134 valence electrons. The van der Waals surface area contributed by atoms with Crippen LogP contribution in [-0.4, -0.2) is 37.8 Å². The number of rotatable bonds is 3. The normalized spacial score (nSPS) is 13.9. The minimum absolute atomic E-state index is 0.392. The molecule has 5 heteroatoms. The van der Waals surface area contributed by atoms with Crippen LogP contribution < -0.4 is 10.1 Å². The molecular weight excluding hydrogens is 328 g/mol. The molecule has 3 aromatic rings. The number of hydrogen-bond acceptors (Lipinski definition) is 4. The molecule has 0 unspecified atom stereocenters. The lowest BCUT2D eigenvalue weighted by molar-refractivity contribution is 0.0598. The summed E-state index contributed by atoms with van der Waals surface area (Å²) in [5.74, 6) is 0.129. The fourth-order valence-electron chi connectivity index (χ4n) is 3.75. The topological polar surface area (TPSA) is 52.5 Å². The Morgan fingerprint density at radius 3 is 2.81 bits per heavy atom. The molecule has 1 aliphatic rings. The zero-order valence-electron chi connectivity index (χ0n) is 15.0. The zero-order valence-corrected chi connectivity index (χ0v) is 15.0. The van der Waals surface area contributed by atoms with Crippen LogP contribution in [0.15, 0.2) is 42.5 Å². The van der Waals surface area contributed by atoms with Crippen molar-refractivity contribution in [3.05, 3.63) is 53.7 Å². The molecule has 0 fully saturated rings. The first-order valence-electron chi connectivity index (χ1n) is 8.81. The molecule has 4 rings (SSSR count). The van der Waals surface area contributed by atoms with Crippen molar-refractivity contribution >= 4 is 16.9 Å². The third kappa shape index (κ3) is 2.74. The van der Waals surface area contributed by atoms with Gasteiger partial charge in [-0.1, -0.05) is 18.2 Å². The maximum atomic E-state index is 12.3. The van der Waals surface area contributed by atoms with Gasteiger partial charge in [0.15, 0.2) is 0 Å². The number of nitrogens with zero attached hydrogens (tertiary/aromatic N) is 1. The van der Waals surface area contributed by atoms with Crippen LogP contribution in [0.25, 0.3) is 22.0 Å². The van der Waals surface area contributed by atoms with Gasteiger partial charge in [0.05, 0.1) is 14.2 Å². The van der Waals surface area contributed by atoms with E-state index in [0.29, 0.717) is 11.3 Å². The van der Waals surface area contributed by atoms with E-state index < -0.39 is 5.97 Å². The van der Waals surface area contributed by atoms with Crippen molar-refractivity contribution in [2.24, 2.45) is 0 Å². The first-order chi connectivity index (χ1) is 12.7. The van der Waals surface area contributed by atoms with Gasteiger partial charge in [0.2, 0.25) is 0 Å². The molecule has 0 saturated heterocycles. The summed E-state index contributed by atoms with van der Waals surface area (Å²) in [6.07, 6.45) is 1.02. The summed E-state index contributed by atoms with van der Waals surface area (Å²) in [5.41, 5.74) is 4.84. The van der Waals surface area contributed by atoms with E-state index in [1.807, 2.05) is 12.1 Å². The molecule has 0 aliphatic carbocycles. The largest absolute Gasteiger partial charge is 0.496 e. The van der Waals surface area contributed by atoms with Crippen molar-refractivity contribution in [2.45, 2.75) is 13.0 Å². The molecule has 0 radical (unpaired) electrons. The molecule has 1 N–H and O–H groups in total. The van der Waals surface area contributed by atoms with Gasteiger partial charge in [0.1, 0.15) is 11.3 Å². The predicted octanol–water partition coefficient (Wildman–Crippen LogP) is 3.25. The third-order valence-corrected chi connectivity index (χ3v) is 5.00. The van der Waals surface area contributed by atoms with E-state index in [1.54, 1.807) is 13.2 Å². The number of carbonyl (C=O) groups is 1. The standard InChI is InChI=1S/C21H22N2O3/c1-25-19-5-3-4-17(20(19)21(24)26-2)14-6-7-18-15(12-14)13-16-8-9-22-10-11-23(16)18/h3-7,12-13,22H,8-11H2,1-2H3. The van der Waals surface area contributed by atoms with Crippen LogP contribution in [-0.2, 0) is 17.7 Å². The van der Waals surface area contributed by atoms with Gasteiger partial charge >= 0.3 is 5.97 Å². The summed E-state index contributed by atoms with van der Waals surface area (Å²) < 4.78 is 12.7.